The maximum absolute atomic E-state index is 3.26. The molecule has 134 valence electrons. The zero-order valence-electron chi connectivity index (χ0n) is 16.2. The average Bonchev–Trinajstić information content (AvgIpc) is 2.56. The molecule has 0 amide bonds. The lowest BCUT2D eigenvalue weighted by molar-refractivity contribution is 0.325. The lowest BCUT2D eigenvalue weighted by atomic mass is 10.1. The van der Waals surface area contributed by atoms with Crippen LogP contribution in [0.4, 0.5) is 0 Å². The molecule has 2 heteroatoms. The van der Waals surface area contributed by atoms with E-state index in [4.69, 9.17) is 0 Å². The number of allylic oxidation sites excluding steroid dienone is 2. The molecule has 0 aromatic rings. The largest absolute Gasteiger partial charge is 0.318 e. The van der Waals surface area contributed by atoms with Gasteiger partial charge in [0, 0.05) is 19.5 Å². The van der Waals surface area contributed by atoms with Crippen molar-refractivity contribution in [1.29, 1.82) is 0 Å². The Balaban J connectivity index is 3.28. The predicted molar refractivity (Wildman–Crippen MR) is 105 cm³/mol. The molecule has 0 radical (unpaired) electrons. The predicted octanol–water partition coefficient (Wildman–Crippen LogP) is 4.86. The fraction of sp³-hybridized carbons (Fsp3) is 0.810. The van der Waals surface area contributed by atoms with E-state index in [0.717, 1.165) is 19.5 Å². The van der Waals surface area contributed by atoms with Crippen LogP contribution in [0, 0.1) is 17.8 Å². The Morgan fingerprint density at radius 2 is 1.65 bits per heavy atom. The highest BCUT2D eigenvalue weighted by molar-refractivity contribution is 5.15. The summed E-state index contributed by atoms with van der Waals surface area (Å²) in [6.45, 7) is 7.93. The van der Waals surface area contributed by atoms with Gasteiger partial charge in [0.1, 0.15) is 0 Å². The van der Waals surface area contributed by atoms with Crippen LogP contribution in [0.2, 0.25) is 0 Å². The lowest BCUT2D eigenvalue weighted by Gasteiger charge is -2.15. The van der Waals surface area contributed by atoms with Gasteiger partial charge in [0.2, 0.25) is 0 Å². The molecule has 0 aromatic heterocycles. The highest BCUT2D eigenvalue weighted by Gasteiger charge is 1.97. The third-order valence-electron chi connectivity index (χ3n) is 4.34. The number of likely N-dealkylation sites (N-methyl/N-ethyl adjacent to an activating group) is 2. The molecule has 0 aliphatic carbocycles. The van der Waals surface area contributed by atoms with Gasteiger partial charge in [0.25, 0.3) is 0 Å². The number of unbranched alkanes of at least 4 members (excludes halogenated alkanes) is 7. The molecule has 0 aromatic carbocycles. The van der Waals surface area contributed by atoms with E-state index in [1.54, 1.807) is 0 Å². The Morgan fingerprint density at radius 3 is 2.30 bits per heavy atom. The topological polar surface area (TPSA) is 15.3 Å². The van der Waals surface area contributed by atoms with E-state index in [0.29, 0.717) is 5.92 Å². The van der Waals surface area contributed by atoms with Crippen LogP contribution in [0.1, 0.15) is 71.6 Å². The van der Waals surface area contributed by atoms with Gasteiger partial charge in [-0.3, -0.25) is 0 Å². The molecular weight excluding hydrogens is 280 g/mol. The minimum Gasteiger partial charge on any atom is -0.318 e. The number of hydrogen-bond donors (Lipinski definition) is 1. The summed E-state index contributed by atoms with van der Waals surface area (Å²) >= 11 is 0. The smallest absolute Gasteiger partial charge is 0.0104 e. The molecule has 0 heterocycles. The Labute approximate surface area is 146 Å². The van der Waals surface area contributed by atoms with E-state index in [-0.39, 0.29) is 0 Å². The van der Waals surface area contributed by atoms with Gasteiger partial charge in [-0.1, -0.05) is 70.3 Å². The molecule has 0 saturated heterocycles. The van der Waals surface area contributed by atoms with Gasteiger partial charge in [-0.05, 0) is 45.5 Å². The Bertz CT molecular complexity index is 324. The van der Waals surface area contributed by atoms with Crippen molar-refractivity contribution in [3.8, 4) is 11.8 Å². The molecule has 1 atom stereocenters. The number of rotatable bonds is 14. The highest BCUT2D eigenvalue weighted by Crippen LogP contribution is 2.08. The first-order valence-electron chi connectivity index (χ1n) is 9.68. The van der Waals surface area contributed by atoms with Crippen LogP contribution in [-0.2, 0) is 0 Å². The fourth-order valence-electron chi connectivity index (χ4n) is 2.37. The van der Waals surface area contributed by atoms with Crippen LogP contribution >= 0.6 is 0 Å². The monoisotopic (exact) mass is 320 g/mol. The van der Waals surface area contributed by atoms with Crippen molar-refractivity contribution < 1.29 is 0 Å². The Morgan fingerprint density at radius 1 is 1.00 bits per heavy atom. The second kappa shape index (κ2) is 17.6. The third kappa shape index (κ3) is 17.4. The van der Waals surface area contributed by atoms with Gasteiger partial charge >= 0.3 is 0 Å². The van der Waals surface area contributed by atoms with E-state index in [2.05, 4.69) is 49.0 Å². The van der Waals surface area contributed by atoms with Crippen molar-refractivity contribution >= 4 is 0 Å². The van der Waals surface area contributed by atoms with Gasteiger partial charge in [-0.2, -0.15) is 0 Å². The second-order valence-electron chi connectivity index (χ2n) is 6.70. The molecule has 23 heavy (non-hydrogen) atoms. The van der Waals surface area contributed by atoms with E-state index >= 15 is 0 Å². The van der Waals surface area contributed by atoms with E-state index in [1.807, 2.05) is 13.1 Å². The summed E-state index contributed by atoms with van der Waals surface area (Å²) in [6.07, 6.45) is 16.0. The molecule has 0 aliphatic rings. The highest BCUT2D eigenvalue weighted by atomic mass is 15.1. The second-order valence-corrected chi connectivity index (χ2v) is 6.70. The number of hydrogen-bond acceptors (Lipinski definition) is 2. The van der Waals surface area contributed by atoms with Crippen LogP contribution in [0.25, 0.3) is 0 Å². The Hall–Kier alpha value is -0.780. The molecule has 0 fully saturated rings. The van der Waals surface area contributed by atoms with Gasteiger partial charge in [-0.25, -0.2) is 0 Å². The number of nitrogens with one attached hydrogen (secondary N) is 1. The zero-order chi connectivity index (χ0) is 17.2. The minimum atomic E-state index is 0.660. The van der Waals surface area contributed by atoms with Crippen LogP contribution in [0.5, 0.6) is 0 Å². The molecule has 1 N–H and O–H groups in total. The molecule has 0 rings (SSSR count). The van der Waals surface area contributed by atoms with Crippen LogP contribution in [0.3, 0.4) is 0 Å². The van der Waals surface area contributed by atoms with E-state index in [1.165, 1.54) is 57.9 Å². The third-order valence-corrected chi connectivity index (χ3v) is 4.34. The standard InChI is InChI=1S/C21H40N2/c1-5-21(2)17-15-13-11-9-7-6-8-10-12-14-16-19-23(4)20-18-22-3/h15,17,21-22H,5-10,12,14,16,18-20H2,1-4H3. The number of nitrogens with zero attached hydrogens (tertiary/aromatic N) is 1. The van der Waals surface area contributed by atoms with Crippen molar-refractivity contribution in [2.45, 2.75) is 71.6 Å². The molecule has 0 bridgehead atoms. The summed E-state index contributed by atoms with van der Waals surface area (Å²) in [5, 5.41) is 3.20. The lowest BCUT2D eigenvalue weighted by Crippen LogP contribution is -2.28. The zero-order valence-corrected chi connectivity index (χ0v) is 16.2. The molecule has 2 nitrogen and oxygen atoms in total. The average molecular weight is 321 g/mol. The van der Waals surface area contributed by atoms with Crippen LogP contribution in [0.15, 0.2) is 12.2 Å². The molecule has 1 unspecified atom stereocenters. The summed E-state index contributed by atoms with van der Waals surface area (Å²) in [4.78, 5) is 2.42. The molecule has 0 saturated carbocycles. The molecule has 0 spiro atoms. The van der Waals surface area contributed by atoms with Crippen molar-refractivity contribution in [3.63, 3.8) is 0 Å². The van der Waals surface area contributed by atoms with Gasteiger partial charge in [0.05, 0.1) is 0 Å². The maximum Gasteiger partial charge on any atom is 0.0104 e. The molecule has 0 aliphatic heterocycles. The van der Waals surface area contributed by atoms with E-state index < -0.39 is 0 Å². The van der Waals surface area contributed by atoms with Crippen molar-refractivity contribution in [2.75, 3.05) is 33.7 Å². The first-order chi connectivity index (χ1) is 11.2. The first kappa shape index (κ1) is 22.2. The SMILES string of the molecule is CCC(C)C=CC#CCCCCCCCCCN(C)CCNC. The van der Waals surface area contributed by atoms with Crippen LogP contribution in [-0.4, -0.2) is 38.6 Å². The fourth-order valence-corrected chi connectivity index (χ4v) is 2.37. The summed E-state index contributed by atoms with van der Waals surface area (Å²) in [5.74, 6) is 7.07. The van der Waals surface area contributed by atoms with Crippen molar-refractivity contribution in [2.24, 2.45) is 5.92 Å². The van der Waals surface area contributed by atoms with E-state index in [9.17, 15) is 0 Å². The molecular formula is C21H40N2. The summed E-state index contributed by atoms with van der Waals surface area (Å²) in [7, 11) is 4.24. The van der Waals surface area contributed by atoms with Crippen molar-refractivity contribution in [3.05, 3.63) is 12.2 Å². The van der Waals surface area contributed by atoms with Gasteiger partial charge in [0.15, 0.2) is 0 Å². The first-order valence-corrected chi connectivity index (χ1v) is 9.68. The quantitative estimate of drug-likeness (QED) is 0.363. The normalized spacial score (nSPS) is 12.6. The van der Waals surface area contributed by atoms with Crippen LogP contribution < -0.4 is 5.32 Å². The summed E-state index contributed by atoms with van der Waals surface area (Å²) in [6, 6.07) is 0. The minimum absolute atomic E-state index is 0.660. The maximum atomic E-state index is 3.26. The van der Waals surface area contributed by atoms with Gasteiger partial charge in [-0.15, -0.1) is 0 Å². The van der Waals surface area contributed by atoms with Gasteiger partial charge < -0.3 is 10.2 Å². The Kier molecular flexibility index (Phi) is 17.0. The summed E-state index contributed by atoms with van der Waals surface area (Å²) in [5.41, 5.74) is 0. The summed E-state index contributed by atoms with van der Waals surface area (Å²) < 4.78 is 0. The van der Waals surface area contributed by atoms with Crippen molar-refractivity contribution in [1.82, 2.24) is 10.2 Å².